The molecule has 1 saturated carbocycles. The lowest BCUT2D eigenvalue weighted by molar-refractivity contribution is 0.0933. The fourth-order valence-electron chi connectivity index (χ4n) is 2.75. The second-order valence-electron chi connectivity index (χ2n) is 5.29. The van der Waals surface area contributed by atoms with Crippen LogP contribution in [0.2, 0.25) is 5.02 Å². The summed E-state index contributed by atoms with van der Waals surface area (Å²) in [6.45, 7) is 0.598. The van der Waals surface area contributed by atoms with Gasteiger partial charge in [-0.15, -0.1) is 0 Å². The van der Waals surface area contributed by atoms with E-state index in [4.69, 9.17) is 11.6 Å². The number of nitrogens with one attached hydrogen (secondary N) is 1. The molecule has 1 aliphatic rings. The molecule has 0 aliphatic heterocycles. The highest BCUT2D eigenvalue weighted by Gasteiger charge is 2.25. The number of rotatable bonds is 4. The van der Waals surface area contributed by atoms with Crippen LogP contribution in [0.5, 0.6) is 0 Å². The van der Waals surface area contributed by atoms with Crippen molar-refractivity contribution in [3.05, 3.63) is 34.6 Å². The zero-order chi connectivity index (χ0) is 14.5. The van der Waals surface area contributed by atoms with Crippen molar-refractivity contribution in [2.24, 2.45) is 11.8 Å². The lowest BCUT2D eigenvalue weighted by Gasteiger charge is -2.30. The van der Waals surface area contributed by atoms with E-state index in [1.165, 1.54) is 37.5 Å². The van der Waals surface area contributed by atoms with Gasteiger partial charge in [0.15, 0.2) is 0 Å². The Bertz CT molecular complexity index is 483. The molecule has 1 aliphatic carbocycles. The van der Waals surface area contributed by atoms with Gasteiger partial charge in [-0.25, -0.2) is 4.39 Å². The minimum atomic E-state index is -0.535. The fraction of sp³-hybridized carbons (Fsp3) is 0.533. The Morgan fingerprint density at radius 3 is 2.75 bits per heavy atom. The number of carbonyl (C=O) groups is 1. The predicted octanol–water partition coefficient (Wildman–Crippen LogP) is 4.41. The highest BCUT2D eigenvalue weighted by Crippen LogP contribution is 2.30. The van der Waals surface area contributed by atoms with Gasteiger partial charge in [0.25, 0.3) is 5.91 Å². The van der Waals surface area contributed by atoms with Gasteiger partial charge in [-0.05, 0) is 42.9 Å². The Labute approximate surface area is 132 Å². The van der Waals surface area contributed by atoms with Crippen LogP contribution in [0.4, 0.5) is 4.39 Å². The lowest BCUT2D eigenvalue weighted by atomic mass is 9.80. The molecule has 0 heterocycles. The van der Waals surface area contributed by atoms with Crippen LogP contribution < -0.4 is 5.32 Å². The summed E-state index contributed by atoms with van der Waals surface area (Å²) in [4.78, 5) is 12.0. The summed E-state index contributed by atoms with van der Waals surface area (Å²) in [5.41, 5.74) is 0.0173. The van der Waals surface area contributed by atoms with Crippen molar-refractivity contribution < 1.29 is 9.18 Å². The minimum absolute atomic E-state index is 0.0173. The van der Waals surface area contributed by atoms with E-state index in [0.717, 1.165) is 11.8 Å². The van der Waals surface area contributed by atoms with Crippen LogP contribution in [0.25, 0.3) is 0 Å². The largest absolute Gasteiger partial charge is 0.352 e. The van der Waals surface area contributed by atoms with E-state index >= 15 is 0 Å². The average Bonchev–Trinajstić information content (AvgIpc) is 2.47. The molecule has 20 heavy (non-hydrogen) atoms. The molecule has 2 rings (SSSR count). The normalized spacial score (nSPS) is 22.6. The van der Waals surface area contributed by atoms with Gasteiger partial charge in [0.1, 0.15) is 5.82 Å². The van der Waals surface area contributed by atoms with Gasteiger partial charge in [-0.2, -0.15) is 0 Å². The minimum Gasteiger partial charge on any atom is -0.352 e. The molecule has 1 fully saturated rings. The molecule has 110 valence electrons. The standard InChI is InChI=1S/C15H18BrClFNO/c16-8-10-3-1-2-4-11(10)9-19-15(20)13-7-12(17)5-6-14(13)18/h5-7,10-11H,1-4,8-9H2,(H,19,20). The number of benzene rings is 1. The molecule has 1 aromatic carbocycles. The number of carbonyl (C=O) groups excluding carboxylic acids is 1. The SMILES string of the molecule is O=C(NCC1CCCCC1CBr)c1cc(Cl)ccc1F. The molecule has 2 atom stereocenters. The first-order valence-corrected chi connectivity index (χ1v) is 8.41. The van der Waals surface area contributed by atoms with Gasteiger partial charge >= 0.3 is 0 Å². The summed E-state index contributed by atoms with van der Waals surface area (Å²) in [6.07, 6.45) is 4.77. The van der Waals surface area contributed by atoms with E-state index in [-0.39, 0.29) is 11.5 Å². The lowest BCUT2D eigenvalue weighted by Crippen LogP contribution is -2.35. The van der Waals surface area contributed by atoms with Crippen LogP contribution in [0.1, 0.15) is 36.0 Å². The Morgan fingerprint density at radius 2 is 2.05 bits per heavy atom. The Morgan fingerprint density at radius 1 is 1.35 bits per heavy atom. The third kappa shape index (κ3) is 3.95. The highest BCUT2D eigenvalue weighted by molar-refractivity contribution is 9.09. The average molecular weight is 363 g/mol. The first kappa shape index (κ1) is 15.8. The molecular weight excluding hydrogens is 345 g/mol. The Balaban J connectivity index is 1.96. The smallest absolute Gasteiger partial charge is 0.254 e. The molecule has 0 bridgehead atoms. The number of amides is 1. The maximum Gasteiger partial charge on any atom is 0.254 e. The van der Waals surface area contributed by atoms with Crippen molar-refractivity contribution in [3.63, 3.8) is 0 Å². The van der Waals surface area contributed by atoms with E-state index in [0.29, 0.717) is 23.4 Å². The van der Waals surface area contributed by atoms with Crippen molar-refractivity contribution in [2.45, 2.75) is 25.7 Å². The summed E-state index contributed by atoms with van der Waals surface area (Å²) in [7, 11) is 0. The quantitative estimate of drug-likeness (QED) is 0.790. The summed E-state index contributed by atoms with van der Waals surface area (Å²) >= 11 is 9.34. The Kier molecular flexibility index (Phi) is 5.85. The number of hydrogen-bond acceptors (Lipinski definition) is 1. The fourth-order valence-corrected chi connectivity index (χ4v) is 3.77. The number of hydrogen-bond donors (Lipinski definition) is 1. The summed E-state index contributed by atoms with van der Waals surface area (Å²) in [6, 6.07) is 4.03. The zero-order valence-corrected chi connectivity index (χ0v) is 13.5. The van der Waals surface area contributed by atoms with Gasteiger partial charge in [0, 0.05) is 16.9 Å². The van der Waals surface area contributed by atoms with Crippen LogP contribution >= 0.6 is 27.5 Å². The molecule has 0 spiro atoms. The molecule has 0 aromatic heterocycles. The molecule has 1 amide bonds. The van der Waals surface area contributed by atoms with Crippen molar-refractivity contribution in [3.8, 4) is 0 Å². The molecule has 0 radical (unpaired) electrons. The third-order valence-corrected chi connectivity index (χ3v) is 5.03. The summed E-state index contributed by atoms with van der Waals surface area (Å²) in [5.74, 6) is 0.138. The van der Waals surface area contributed by atoms with E-state index in [1.807, 2.05) is 0 Å². The Hall–Kier alpha value is -0.610. The van der Waals surface area contributed by atoms with Crippen LogP contribution in [-0.2, 0) is 0 Å². The van der Waals surface area contributed by atoms with Crippen molar-refractivity contribution in [1.29, 1.82) is 0 Å². The first-order chi connectivity index (χ1) is 9.61. The van der Waals surface area contributed by atoms with Crippen LogP contribution in [-0.4, -0.2) is 17.8 Å². The van der Waals surface area contributed by atoms with Crippen LogP contribution in [0.3, 0.4) is 0 Å². The van der Waals surface area contributed by atoms with Crippen molar-refractivity contribution >= 4 is 33.4 Å². The number of alkyl halides is 1. The maximum atomic E-state index is 13.6. The first-order valence-electron chi connectivity index (χ1n) is 6.91. The molecular formula is C15H18BrClFNO. The molecule has 2 unspecified atom stereocenters. The topological polar surface area (TPSA) is 29.1 Å². The van der Waals surface area contributed by atoms with Gasteiger partial charge in [-0.1, -0.05) is 40.4 Å². The van der Waals surface area contributed by atoms with Crippen LogP contribution in [0.15, 0.2) is 18.2 Å². The second kappa shape index (κ2) is 7.41. The van der Waals surface area contributed by atoms with Crippen molar-refractivity contribution in [1.82, 2.24) is 5.32 Å². The van der Waals surface area contributed by atoms with E-state index in [2.05, 4.69) is 21.2 Å². The van der Waals surface area contributed by atoms with E-state index < -0.39 is 5.82 Å². The predicted molar refractivity (Wildman–Crippen MR) is 83.0 cm³/mol. The monoisotopic (exact) mass is 361 g/mol. The van der Waals surface area contributed by atoms with Gasteiger partial charge in [0.2, 0.25) is 0 Å². The zero-order valence-electron chi connectivity index (χ0n) is 11.2. The summed E-state index contributed by atoms with van der Waals surface area (Å²) < 4.78 is 13.6. The molecule has 5 heteroatoms. The number of halogens is 3. The molecule has 2 nitrogen and oxygen atoms in total. The van der Waals surface area contributed by atoms with Gasteiger partial charge in [-0.3, -0.25) is 4.79 Å². The van der Waals surface area contributed by atoms with Crippen molar-refractivity contribution in [2.75, 3.05) is 11.9 Å². The van der Waals surface area contributed by atoms with E-state index in [9.17, 15) is 9.18 Å². The van der Waals surface area contributed by atoms with E-state index in [1.54, 1.807) is 0 Å². The maximum absolute atomic E-state index is 13.6. The molecule has 1 aromatic rings. The summed E-state index contributed by atoms with van der Waals surface area (Å²) in [5, 5.41) is 4.17. The highest BCUT2D eigenvalue weighted by atomic mass is 79.9. The van der Waals surface area contributed by atoms with Gasteiger partial charge < -0.3 is 5.32 Å². The molecule has 0 saturated heterocycles. The van der Waals surface area contributed by atoms with Crippen LogP contribution in [0, 0.1) is 17.7 Å². The second-order valence-corrected chi connectivity index (χ2v) is 6.38. The molecule has 1 N–H and O–H groups in total. The van der Waals surface area contributed by atoms with Gasteiger partial charge in [0.05, 0.1) is 5.56 Å². The third-order valence-electron chi connectivity index (χ3n) is 3.96.